The molecule has 0 aliphatic rings. The Kier molecular flexibility index (Phi) is 26.9. The molecule has 0 N–H and O–H groups in total. The van der Waals surface area contributed by atoms with Crippen LogP contribution in [0, 0.1) is 0 Å². The van der Waals surface area contributed by atoms with Crippen LogP contribution in [0.3, 0.4) is 0 Å². The fourth-order valence-corrected chi connectivity index (χ4v) is 2.13. The molecular formula is C19H39Cl. The minimum Gasteiger partial charge on any atom is -0.127 e. The van der Waals surface area contributed by atoms with E-state index in [1.807, 2.05) is 0 Å². The number of hydrogen-bond acceptors (Lipinski definition) is 0. The lowest BCUT2D eigenvalue weighted by Gasteiger charge is -1.97. The topological polar surface area (TPSA) is 0 Å². The molecule has 0 aliphatic carbocycles. The summed E-state index contributed by atoms with van der Waals surface area (Å²) in [6.45, 7) is 6.70. The third-order valence-electron chi connectivity index (χ3n) is 3.35. The number of halogens is 1. The van der Waals surface area contributed by atoms with Crippen molar-refractivity contribution < 1.29 is 0 Å². The van der Waals surface area contributed by atoms with E-state index in [-0.39, 0.29) is 0 Å². The first-order valence-electron chi connectivity index (χ1n) is 9.04. The predicted molar refractivity (Wildman–Crippen MR) is 96.9 cm³/mol. The smallest absolute Gasteiger partial charge is 0.0223 e. The first-order valence-corrected chi connectivity index (χ1v) is 9.57. The summed E-state index contributed by atoms with van der Waals surface area (Å²) in [7, 11) is 0. The van der Waals surface area contributed by atoms with Crippen LogP contribution in [-0.2, 0) is 0 Å². The lowest BCUT2D eigenvalue weighted by molar-refractivity contribution is 0.611. The molecular weight excluding hydrogens is 264 g/mol. The van der Waals surface area contributed by atoms with Crippen molar-refractivity contribution in [1.82, 2.24) is 0 Å². The first kappa shape index (κ1) is 22.3. The van der Waals surface area contributed by atoms with E-state index in [0.29, 0.717) is 0 Å². The average Bonchev–Trinajstić information content (AvgIpc) is 2.48. The molecule has 0 fully saturated rings. The van der Waals surface area contributed by atoms with Gasteiger partial charge in [0.25, 0.3) is 0 Å². The number of allylic oxidation sites excluding steroid dienone is 2. The van der Waals surface area contributed by atoms with Gasteiger partial charge in [-0.15, -0.1) is 11.6 Å². The summed E-state index contributed by atoms with van der Waals surface area (Å²) in [4.78, 5) is 0. The Morgan fingerprint density at radius 1 is 0.550 bits per heavy atom. The maximum Gasteiger partial charge on any atom is 0.0223 e. The van der Waals surface area contributed by atoms with Crippen LogP contribution in [0.5, 0.6) is 0 Å². The Labute approximate surface area is 134 Å². The van der Waals surface area contributed by atoms with Crippen molar-refractivity contribution in [1.29, 1.82) is 0 Å². The van der Waals surface area contributed by atoms with Crippen LogP contribution >= 0.6 is 11.6 Å². The largest absolute Gasteiger partial charge is 0.127 e. The second-order valence-corrected chi connectivity index (χ2v) is 5.94. The molecule has 0 aromatic carbocycles. The molecule has 20 heavy (non-hydrogen) atoms. The zero-order valence-corrected chi connectivity index (χ0v) is 15.2. The van der Waals surface area contributed by atoms with E-state index in [0.717, 1.165) is 5.88 Å². The molecule has 0 atom stereocenters. The number of unbranched alkanes of at least 4 members (excludes halogenated alkanes) is 10. The fourth-order valence-electron chi connectivity index (χ4n) is 1.94. The van der Waals surface area contributed by atoms with Crippen LogP contribution in [0.1, 0.15) is 104 Å². The van der Waals surface area contributed by atoms with E-state index in [2.05, 4.69) is 32.9 Å². The van der Waals surface area contributed by atoms with Gasteiger partial charge in [-0.05, 0) is 25.7 Å². The molecule has 0 aromatic heterocycles. The van der Waals surface area contributed by atoms with Gasteiger partial charge in [-0.2, -0.15) is 0 Å². The van der Waals surface area contributed by atoms with E-state index < -0.39 is 0 Å². The minimum atomic E-state index is 0.827. The van der Waals surface area contributed by atoms with Gasteiger partial charge in [0.2, 0.25) is 0 Å². The summed E-state index contributed by atoms with van der Waals surface area (Å²) in [5, 5.41) is 0. The van der Waals surface area contributed by atoms with Gasteiger partial charge in [0, 0.05) is 5.88 Å². The van der Waals surface area contributed by atoms with Crippen LogP contribution in [0.15, 0.2) is 12.2 Å². The molecule has 0 unspecified atom stereocenters. The number of rotatable bonds is 13. The third kappa shape index (κ3) is 26.6. The van der Waals surface area contributed by atoms with Crippen molar-refractivity contribution in [2.24, 2.45) is 0 Å². The minimum absolute atomic E-state index is 0.827. The summed E-state index contributed by atoms with van der Waals surface area (Å²) in [6.07, 6.45) is 22.2. The SMILES string of the molecule is CCCCC=CCCCCCCCC.CCCCCCl. The molecule has 0 saturated heterocycles. The van der Waals surface area contributed by atoms with Gasteiger partial charge in [-0.25, -0.2) is 0 Å². The maximum atomic E-state index is 5.38. The molecule has 0 heterocycles. The summed E-state index contributed by atoms with van der Waals surface area (Å²) in [5.41, 5.74) is 0. The standard InChI is InChI=1S/C14H28.C5H11Cl/c1-3-5-7-9-11-13-14-12-10-8-6-4-2;1-2-3-4-5-6/h9,11H,3-8,10,12-14H2,1-2H3;2-5H2,1H3. The van der Waals surface area contributed by atoms with Crippen LogP contribution in [0.25, 0.3) is 0 Å². The Balaban J connectivity index is 0. The maximum absolute atomic E-state index is 5.38. The first-order chi connectivity index (χ1) is 9.83. The summed E-state index contributed by atoms with van der Waals surface area (Å²) in [5.74, 6) is 0.827. The van der Waals surface area contributed by atoms with Gasteiger partial charge < -0.3 is 0 Å². The summed E-state index contributed by atoms with van der Waals surface area (Å²) < 4.78 is 0. The zero-order chi connectivity index (χ0) is 15.3. The van der Waals surface area contributed by atoms with E-state index in [4.69, 9.17) is 11.6 Å². The van der Waals surface area contributed by atoms with Crippen molar-refractivity contribution in [3.05, 3.63) is 12.2 Å². The molecule has 0 nitrogen and oxygen atoms in total. The van der Waals surface area contributed by atoms with Gasteiger partial charge in [-0.3, -0.25) is 0 Å². The van der Waals surface area contributed by atoms with Gasteiger partial charge in [-0.1, -0.05) is 90.7 Å². The van der Waals surface area contributed by atoms with Gasteiger partial charge in [0.15, 0.2) is 0 Å². The second-order valence-electron chi connectivity index (χ2n) is 5.57. The highest BCUT2D eigenvalue weighted by Crippen LogP contribution is 2.07. The lowest BCUT2D eigenvalue weighted by Crippen LogP contribution is -1.77. The van der Waals surface area contributed by atoms with Crippen molar-refractivity contribution >= 4 is 11.6 Å². The normalized spacial score (nSPS) is 10.6. The fraction of sp³-hybridized carbons (Fsp3) is 0.895. The Morgan fingerprint density at radius 3 is 1.50 bits per heavy atom. The van der Waals surface area contributed by atoms with Gasteiger partial charge in [0.05, 0.1) is 0 Å². The van der Waals surface area contributed by atoms with Crippen molar-refractivity contribution in [2.75, 3.05) is 5.88 Å². The van der Waals surface area contributed by atoms with Crippen LogP contribution in [0.4, 0.5) is 0 Å². The molecule has 0 spiro atoms. The quantitative estimate of drug-likeness (QED) is 0.184. The average molecular weight is 303 g/mol. The Bertz CT molecular complexity index is 159. The molecule has 1 heteroatoms. The molecule has 0 aliphatic heterocycles. The van der Waals surface area contributed by atoms with E-state index in [1.54, 1.807) is 0 Å². The van der Waals surface area contributed by atoms with Crippen LogP contribution in [0.2, 0.25) is 0 Å². The van der Waals surface area contributed by atoms with E-state index in [1.165, 1.54) is 83.5 Å². The number of alkyl halides is 1. The summed E-state index contributed by atoms with van der Waals surface area (Å²) >= 11 is 5.38. The van der Waals surface area contributed by atoms with Crippen molar-refractivity contribution in [2.45, 2.75) is 104 Å². The Hall–Kier alpha value is 0.0300. The zero-order valence-electron chi connectivity index (χ0n) is 14.4. The highest BCUT2D eigenvalue weighted by Gasteiger charge is 1.87. The van der Waals surface area contributed by atoms with Crippen LogP contribution in [-0.4, -0.2) is 5.88 Å². The van der Waals surface area contributed by atoms with Crippen molar-refractivity contribution in [3.8, 4) is 0 Å². The molecule has 0 bridgehead atoms. The third-order valence-corrected chi connectivity index (χ3v) is 3.62. The summed E-state index contributed by atoms with van der Waals surface area (Å²) in [6, 6.07) is 0. The Morgan fingerprint density at radius 2 is 1.00 bits per heavy atom. The van der Waals surface area contributed by atoms with E-state index in [9.17, 15) is 0 Å². The molecule has 0 rings (SSSR count). The predicted octanol–water partition coefficient (Wildman–Crippen LogP) is 7.90. The highest BCUT2D eigenvalue weighted by atomic mass is 35.5. The lowest BCUT2D eigenvalue weighted by atomic mass is 10.1. The molecule has 0 radical (unpaired) electrons. The highest BCUT2D eigenvalue weighted by molar-refractivity contribution is 6.17. The molecule has 0 aromatic rings. The van der Waals surface area contributed by atoms with Crippen molar-refractivity contribution in [3.63, 3.8) is 0 Å². The molecule has 122 valence electrons. The monoisotopic (exact) mass is 302 g/mol. The van der Waals surface area contributed by atoms with Gasteiger partial charge >= 0.3 is 0 Å². The van der Waals surface area contributed by atoms with Crippen LogP contribution < -0.4 is 0 Å². The molecule has 0 saturated carbocycles. The van der Waals surface area contributed by atoms with Gasteiger partial charge in [0.1, 0.15) is 0 Å². The number of hydrogen-bond donors (Lipinski definition) is 0. The molecule has 0 amide bonds. The second kappa shape index (κ2) is 24.1. The van der Waals surface area contributed by atoms with E-state index >= 15 is 0 Å².